The Bertz CT molecular complexity index is 808. The van der Waals surface area contributed by atoms with Crippen LogP contribution in [-0.4, -0.2) is 36.9 Å². The molecule has 23 heavy (non-hydrogen) atoms. The van der Waals surface area contributed by atoms with Gasteiger partial charge in [0.05, 0.1) is 28.6 Å². The number of thioether (sulfide) groups is 1. The van der Waals surface area contributed by atoms with E-state index < -0.39 is 0 Å². The van der Waals surface area contributed by atoms with Crippen LogP contribution in [0.3, 0.4) is 0 Å². The number of rotatable bonds is 6. The Morgan fingerprint density at radius 3 is 3.09 bits per heavy atom. The van der Waals surface area contributed by atoms with E-state index in [-0.39, 0.29) is 5.91 Å². The van der Waals surface area contributed by atoms with Crippen molar-refractivity contribution in [3.63, 3.8) is 0 Å². The molecule has 0 radical (unpaired) electrons. The van der Waals surface area contributed by atoms with E-state index in [1.54, 1.807) is 11.3 Å². The van der Waals surface area contributed by atoms with E-state index in [0.29, 0.717) is 23.5 Å². The van der Waals surface area contributed by atoms with Gasteiger partial charge in [0.2, 0.25) is 11.1 Å². The van der Waals surface area contributed by atoms with Crippen LogP contribution in [0.4, 0.5) is 0 Å². The third-order valence-electron chi connectivity index (χ3n) is 3.46. The largest absolute Gasteiger partial charge is 0.349 e. The van der Waals surface area contributed by atoms with Gasteiger partial charge in [0, 0.05) is 0 Å². The zero-order valence-corrected chi connectivity index (χ0v) is 13.8. The van der Waals surface area contributed by atoms with E-state index in [0.717, 1.165) is 28.1 Å². The third-order valence-corrected chi connectivity index (χ3v) is 5.43. The van der Waals surface area contributed by atoms with Crippen molar-refractivity contribution in [1.82, 2.24) is 30.5 Å². The maximum Gasteiger partial charge on any atom is 0.230 e. The highest BCUT2D eigenvalue weighted by molar-refractivity contribution is 7.99. The molecule has 0 spiro atoms. The number of fused-ring (bicyclic) bond motifs is 1. The SMILES string of the molecule is O=C(CSc1nnnn1C1CC1)NCc1nc2ccccc2s1. The van der Waals surface area contributed by atoms with Crippen molar-refractivity contribution in [2.75, 3.05) is 5.75 Å². The van der Waals surface area contributed by atoms with Gasteiger partial charge in [0.1, 0.15) is 5.01 Å². The molecule has 0 atom stereocenters. The average Bonchev–Trinajstić information content (AvgIpc) is 3.15. The molecule has 0 unspecified atom stereocenters. The topological polar surface area (TPSA) is 85.6 Å². The summed E-state index contributed by atoms with van der Waals surface area (Å²) in [5.74, 6) is 0.262. The maximum absolute atomic E-state index is 12.0. The fourth-order valence-electron chi connectivity index (χ4n) is 2.18. The summed E-state index contributed by atoms with van der Waals surface area (Å²) in [6.07, 6.45) is 2.23. The molecule has 2 heterocycles. The van der Waals surface area contributed by atoms with Gasteiger partial charge in [-0.1, -0.05) is 23.9 Å². The van der Waals surface area contributed by atoms with Crippen LogP contribution >= 0.6 is 23.1 Å². The van der Waals surface area contributed by atoms with E-state index in [1.165, 1.54) is 11.8 Å². The molecule has 1 fully saturated rings. The predicted octanol–water partition coefficient (Wildman–Crippen LogP) is 2.03. The van der Waals surface area contributed by atoms with Crippen LogP contribution in [0.2, 0.25) is 0 Å². The summed E-state index contributed by atoms with van der Waals surface area (Å²) in [5.41, 5.74) is 0.972. The first kappa shape index (κ1) is 14.6. The molecule has 0 aliphatic heterocycles. The normalized spacial score (nSPS) is 14.3. The summed E-state index contributed by atoms with van der Waals surface area (Å²) in [6.45, 7) is 0.451. The van der Waals surface area contributed by atoms with Gasteiger partial charge < -0.3 is 5.32 Å². The molecule has 1 N–H and O–H groups in total. The molecule has 1 amide bonds. The maximum atomic E-state index is 12.0. The van der Waals surface area contributed by atoms with Crippen molar-refractivity contribution in [3.05, 3.63) is 29.3 Å². The van der Waals surface area contributed by atoms with Crippen molar-refractivity contribution >= 4 is 39.2 Å². The summed E-state index contributed by atoms with van der Waals surface area (Å²) in [6, 6.07) is 8.38. The Labute approximate surface area is 140 Å². The molecule has 7 nitrogen and oxygen atoms in total. The van der Waals surface area contributed by atoms with Gasteiger partial charge in [0.15, 0.2) is 0 Å². The van der Waals surface area contributed by atoms with Crippen molar-refractivity contribution in [2.24, 2.45) is 0 Å². The van der Waals surface area contributed by atoms with E-state index in [1.807, 2.05) is 28.9 Å². The molecule has 1 aromatic carbocycles. The first-order valence-electron chi connectivity index (χ1n) is 7.31. The zero-order chi connectivity index (χ0) is 15.6. The lowest BCUT2D eigenvalue weighted by atomic mass is 10.3. The zero-order valence-electron chi connectivity index (χ0n) is 12.2. The highest BCUT2D eigenvalue weighted by Gasteiger charge is 2.28. The lowest BCUT2D eigenvalue weighted by Gasteiger charge is -2.03. The van der Waals surface area contributed by atoms with Crippen molar-refractivity contribution in [2.45, 2.75) is 30.6 Å². The van der Waals surface area contributed by atoms with E-state index in [9.17, 15) is 4.79 Å². The molecule has 0 bridgehead atoms. The number of aromatic nitrogens is 5. The van der Waals surface area contributed by atoms with Gasteiger partial charge >= 0.3 is 0 Å². The van der Waals surface area contributed by atoms with Gasteiger partial charge in [-0.15, -0.1) is 16.4 Å². The number of hydrogen-bond acceptors (Lipinski definition) is 7. The fourth-order valence-corrected chi connectivity index (χ4v) is 3.86. The summed E-state index contributed by atoms with van der Waals surface area (Å²) in [4.78, 5) is 16.5. The lowest BCUT2D eigenvalue weighted by molar-refractivity contribution is -0.118. The predicted molar refractivity (Wildman–Crippen MR) is 88.3 cm³/mol. The molecule has 118 valence electrons. The van der Waals surface area contributed by atoms with Crippen LogP contribution in [0.5, 0.6) is 0 Å². The van der Waals surface area contributed by atoms with Gasteiger partial charge in [-0.05, 0) is 35.4 Å². The second-order valence-electron chi connectivity index (χ2n) is 5.28. The molecule has 1 aliphatic rings. The quantitative estimate of drug-likeness (QED) is 0.687. The monoisotopic (exact) mass is 346 g/mol. The Kier molecular flexibility index (Phi) is 3.96. The molecule has 0 saturated heterocycles. The molecule has 3 aromatic rings. The molecule has 2 aromatic heterocycles. The molecule has 1 saturated carbocycles. The Balaban J connectivity index is 1.30. The highest BCUT2D eigenvalue weighted by atomic mass is 32.2. The minimum atomic E-state index is -0.0420. The number of nitrogens with one attached hydrogen (secondary N) is 1. The van der Waals surface area contributed by atoms with Gasteiger partial charge in [0.25, 0.3) is 0 Å². The van der Waals surface area contributed by atoms with Crippen LogP contribution < -0.4 is 5.32 Å². The minimum absolute atomic E-state index is 0.0420. The summed E-state index contributed by atoms with van der Waals surface area (Å²) >= 11 is 2.97. The molecular weight excluding hydrogens is 332 g/mol. The number of tetrazole rings is 1. The summed E-state index contributed by atoms with van der Waals surface area (Å²) in [7, 11) is 0. The number of para-hydroxylation sites is 1. The third kappa shape index (κ3) is 3.35. The first-order valence-corrected chi connectivity index (χ1v) is 9.11. The highest BCUT2D eigenvalue weighted by Crippen LogP contribution is 2.36. The summed E-state index contributed by atoms with van der Waals surface area (Å²) in [5, 5.41) is 16.1. The Morgan fingerprint density at radius 1 is 1.39 bits per heavy atom. The van der Waals surface area contributed by atoms with Crippen LogP contribution in [0.1, 0.15) is 23.9 Å². The van der Waals surface area contributed by atoms with Gasteiger partial charge in [-0.2, -0.15) is 0 Å². The fraction of sp³-hybridized carbons (Fsp3) is 0.357. The number of carbonyl (C=O) groups is 1. The van der Waals surface area contributed by atoms with E-state index in [2.05, 4.69) is 25.8 Å². The lowest BCUT2D eigenvalue weighted by Crippen LogP contribution is -2.24. The van der Waals surface area contributed by atoms with Crippen LogP contribution in [0.25, 0.3) is 10.2 Å². The number of amides is 1. The number of nitrogens with zero attached hydrogens (tertiary/aromatic N) is 5. The van der Waals surface area contributed by atoms with Crippen LogP contribution in [-0.2, 0) is 11.3 Å². The van der Waals surface area contributed by atoms with Gasteiger partial charge in [-0.3, -0.25) is 4.79 Å². The Morgan fingerprint density at radius 2 is 2.26 bits per heavy atom. The van der Waals surface area contributed by atoms with Crippen molar-refractivity contribution in [1.29, 1.82) is 0 Å². The Hall–Kier alpha value is -2.00. The molecule has 9 heteroatoms. The second-order valence-corrected chi connectivity index (χ2v) is 7.34. The van der Waals surface area contributed by atoms with Crippen molar-refractivity contribution < 1.29 is 4.79 Å². The molecule has 4 rings (SSSR count). The van der Waals surface area contributed by atoms with E-state index >= 15 is 0 Å². The smallest absolute Gasteiger partial charge is 0.230 e. The minimum Gasteiger partial charge on any atom is -0.349 e. The average molecular weight is 346 g/mol. The number of benzene rings is 1. The number of hydrogen-bond donors (Lipinski definition) is 1. The summed E-state index contributed by atoms with van der Waals surface area (Å²) < 4.78 is 2.95. The van der Waals surface area contributed by atoms with Crippen molar-refractivity contribution in [3.8, 4) is 0 Å². The molecule has 1 aliphatic carbocycles. The number of thiazole rings is 1. The molecular formula is C14H14N6OS2. The number of carbonyl (C=O) groups excluding carboxylic acids is 1. The van der Waals surface area contributed by atoms with E-state index in [4.69, 9.17) is 0 Å². The second kappa shape index (κ2) is 6.25. The standard InChI is InChI=1S/C14H14N6OS2/c21-12(8-22-14-17-18-19-20(14)9-5-6-9)15-7-13-16-10-3-1-2-4-11(10)23-13/h1-4,9H,5-8H2,(H,15,21). The van der Waals surface area contributed by atoms with Crippen LogP contribution in [0.15, 0.2) is 29.4 Å². The van der Waals surface area contributed by atoms with Gasteiger partial charge in [-0.25, -0.2) is 9.67 Å². The first-order chi connectivity index (χ1) is 11.3. The van der Waals surface area contributed by atoms with Crippen LogP contribution in [0, 0.1) is 0 Å².